The molecule has 0 aromatic heterocycles. The van der Waals surface area contributed by atoms with Crippen molar-refractivity contribution in [1.82, 2.24) is 0 Å². The van der Waals surface area contributed by atoms with Gasteiger partial charge in [-0.25, -0.2) is 0 Å². The molecule has 19 heavy (non-hydrogen) atoms. The summed E-state index contributed by atoms with van der Waals surface area (Å²) >= 11 is 0. The summed E-state index contributed by atoms with van der Waals surface area (Å²) in [6, 6.07) is 0. The summed E-state index contributed by atoms with van der Waals surface area (Å²) in [5.74, 6) is -4.75. The van der Waals surface area contributed by atoms with Crippen LogP contribution in [0.2, 0.25) is 0 Å². The van der Waals surface area contributed by atoms with E-state index in [4.69, 9.17) is 14.9 Å². The summed E-state index contributed by atoms with van der Waals surface area (Å²) in [6.45, 7) is 0.341. The Bertz CT molecular complexity index is 251. The van der Waals surface area contributed by atoms with Crippen molar-refractivity contribution in [3.63, 3.8) is 0 Å². The Labute approximate surface area is 108 Å². The summed E-state index contributed by atoms with van der Waals surface area (Å²) in [5.41, 5.74) is -1.28. The number of hydrogen-bond acceptors (Lipinski definition) is 3. The maximum absolute atomic E-state index is 12.6. The third-order valence-corrected chi connectivity index (χ3v) is 2.74. The highest BCUT2D eigenvalue weighted by Crippen LogP contribution is 2.38. The van der Waals surface area contributed by atoms with Gasteiger partial charge in [0.25, 0.3) is 0 Å². The van der Waals surface area contributed by atoms with Gasteiger partial charge in [-0.2, -0.15) is 22.0 Å². The quantitative estimate of drug-likeness (QED) is 0.507. The van der Waals surface area contributed by atoms with Gasteiger partial charge in [0.2, 0.25) is 0 Å². The minimum atomic E-state index is -5.57. The lowest BCUT2D eigenvalue weighted by molar-refractivity contribution is -0.285. The standard InChI is InChI=1S/C11H19F5O3/c1-2-4-9(7-17,8-18)19-6-3-5-10(12,13)11(14,15)16/h17-18H,2-8H2,1H3. The predicted octanol–water partition coefficient (Wildman–Crippen LogP) is 2.50. The van der Waals surface area contributed by atoms with Crippen molar-refractivity contribution in [3.8, 4) is 0 Å². The van der Waals surface area contributed by atoms with Crippen LogP contribution in [0.4, 0.5) is 22.0 Å². The van der Waals surface area contributed by atoms with Crippen LogP contribution in [0.3, 0.4) is 0 Å². The highest BCUT2D eigenvalue weighted by molar-refractivity contribution is 4.79. The molecule has 8 heteroatoms. The Hall–Kier alpha value is -0.470. The van der Waals surface area contributed by atoms with Crippen LogP contribution in [0, 0.1) is 0 Å². The fourth-order valence-corrected chi connectivity index (χ4v) is 1.55. The fraction of sp³-hybridized carbons (Fsp3) is 1.00. The van der Waals surface area contributed by atoms with Crippen LogP contribution in [-0.2, 0) is 4.74 Å². The summed E-state index contributed by atoms with van der Waals surface area (Å²) in [5, 5.41) is 18.2. The van der Waals surface area contributed by atoms with Gasteiger partial charge in [0.05, 0.1) is 13.2 Å². The van der Waals surface area contributed by atoms with Crippen LogP contribution in [0.25, 0.3) is 0 Å². The van der Waals surface area contributed by atoms with E-state index in [0.717, 1.165) is 0 Å². The zero-order chi connectivity index (χ0) is 15.2. The van der Waals surface area contributed by atoms with E-state index in [9.17, 15) is 22.0 Å². The number of aliphatic hydroxyl groups excluding tert-OH is 2. The second-order valence-electron chi connectivity index (χ2n) is 4.40. The molecular formula is C11H19F5O3. The molecule has 0 heterocycles. The second-order valence-corrected chi connectivity index (χ2v) is 4.40. The molecule has 116 valence electrons. The maximum Gasteiger partial charge on any atom is 0.453 e. The molecule has 0 aromatic carbocycles. The van der Waals surface area contributed by atoms with E-state index in [-0.39, 0.29) is 13.0 Å². The Morgan fingerprint density at radius 1 is 0.947 bits per heavy atom. The normalized spacial score (nSPS) is 13.9. The SMILES string of the molecule is CCCC(CO)(CO)OCCCC(F)(F)C(F)(F)F. The van der Waals surface area contributed by atoms with Crippen molar-refractivity contribution in [3.05, 3.63) is 0 Å². The van der Waals surface area contributed by atoms with Crippen LogP contribution in [-0.4, -0.2) is 47.7 Å². The number of alkyl halides is 5. The Balaban J connectivity index is 4.22. The van der Waals surface area contributed by atoms with Gasteiger partial charge in [-0.15, -0.1) is 0 Å². The fourth-order valence-electron chi connectivity index (χ4n) is 1.55. The first kappa shape index (κ1) is 18.5. The lowest BCUT2D eigenvalue weighted by Crippen LogP contribution is -2.41. The Morgan fingerprint density at radius 3 is 1.84 bits per heavy atom. The average Bonchev–Trinajstić information content (AvgIpc) is 2.32. The zero-order valence-electron chi connectivity index (χ0n) is 10.6. The molecule has 0 amide bonds. The average molecular weight is 294 g/mol. The molecule has 0 atom stereocenters. The Morgan fingerprint density at radius 2 is 1.47 bits per heavy atom. The van der Waals surface area contributed by atoms with Gasteiger partial charge in [-0.3, -0.25) is 0 Å². The minimum Gasteiger partial charge on any atom is -0.393 e. The maximum atomic E-state index is 12.6. The van der Waals surface area contributed by atoms with Gasteiger partial charge >= 0.3 is 12.1 Å². The highest BCUT2D eigenvalue weighted by atomic mass is 19.4. The molecular weight excluding hydrogens is 275 g/mol. The largest absolute Gasteiger partial charge is 0.453 e. The first-order chi connectivity index (χ1) is 8.64. The molecule has 0 aromatic rings. The van der Waals surface area contributed by atoms with Crippen molar-refractivity contribution in [2.24, 2.45) is 0 Å². The molecule has 0 bridgehead atoms. The second kappa shape index (κ2) is 7.35. The van der Waals surface area contributed by atoms with Gasteiger partial charge in [0.1, 0.15) is 5.60 Å². The summed E-state index contributed by atoms with van der Waals surface area (Å²) < 4.78 is 65.9. The van der Waals surface area contributed by atoms with Gasteiger partial charge in [0.15, 0.2) is 0 Å². The smallest absolute Gasteiger partial charge is 0.393 e. The van der Waals surface area contributed by atoms with E-state index in [2.05, 4.69) is 0 Å². The summed E-state index contributed by atoms with van der Waals surface area (Å²) in [4.78, 5) is 0. The van der Waals surface area contributed by atoms with Crippen molar-refractivity contribution in [1.29, 1.82) is 0 Å². The monoisotopic (exact) mass is 294 g/mol. The van der Waals surface area contributed by atoms with E-state index >= 15 is 0 Å². The predicted molar refractivity (Wildman–Crippen MR) is 58.0 cm³/mol. The Kier molecular flexibility index (Phi) is 7.17. The van der Waals surface area contributed by atoms with Gasteiger partial charge < -0.3 is 14.9 Å². The molecule has 0 aliphatic heterocycles. The molecule has 3 nitrogen and oxygen atoms in total. The topological polar surface area (TPSA) is 49.7 Å². The lowest BCUT2D eigenvalue weighted by atomic mass is 10.00. The number of aliphatic hydroxyl groups is 2. The van der Waals surface area contributed by atoms with E-state index in [1.807, 2.05) is 0 Å². The van der Waals surface area contributed by atoms with E-state index in [1.54, 1.807) is 6.92 Å². The number of ether oxygens (including phenoxy) is 1. The third kappa shape index (κ3) is 5.58. The lowest BCUT2D eigenvalue weighted by Gasteiger charge is -2.30. The number of hydrogen-bond donors (Lipinski definition) is 2. The summed E-state index contributed by atoms with van der Waals surface area (Å²) in [6.07, 6.45) is -6.61. The van der Waals surface area contributed by atoms with E-state index < -0.39 is 43.8 Å². The number of rotatable bonds is 9. The van der Waals surface area contributed by atoms with Gasteiger partial charge in [-0.1, -0.05) is 13.3 Å². The molecule has 0 aliphatic rings. The van der Waals surface area contributed by atoms with Crippen molar-refractivity contribution < 1.29 is 36.9 Å². The first-order valence-electron chi connectivity index (χ1n) is 5.94. The molecule has 0 radical (unpaired) electrons. The van der Waals surface area contributed by atoms with Gasteiger partial charge in [-0.05, 0) is 12.8 Å². The van der Waals surface area contributed by atoms with Crippen LogP contribution in [0.15, 0.2) is 0 Å². The molecule has 0 fully saturated rings. The number of halogens is 5. The van der Waals surface area contributed by atoms with Crippen molar-refractivity contribution >= 4 is 0 Å². The van der Waals surface area contributed by atoms with E-state index in [1.165, 1.54) is 0 Å². The molecule has 2 N–H and O–H groups in total. The zero-order valence-corrected chi connectivity index (χ0v) is 10.6. The van der Waals surface area contributed by atoms with Crippen LogP contribution < -0.4 is 0 Å². The highest BCUT2D eigenvalue weighted by Gasteiger charge is 2.56. The molecule has 0 unspecified atom stereocenters. The first-order valence-corrected chi connectivity index (χ1v) is 5.94. The van der Waals surface area contributed by atoms with Crippen molar-refractivity contribution in [2.75, 3.05) is 19.8 Å². The third-order valence-electron chi connectivity index (χ3n) is 2.74. The van der Waals surface area contributed by atoms with Gasteiger partial charge in [0, 0.05) is 13.0 Å². The molecule has 0 spiro atoms. The molecule has 0 saturated heterocycles. The molecule has 0 saturated carbocycles. The van der Waals surface area contributed by atoms with Crippen LogP contribution in [0.1, 0.15) is 32.6 Å². The minimum absolute atomic E-state index is 0.287. The molecule has 0 rings (SSSR count). The van der Waals surface area contributed by atoms with Crippen LogP contribution >= 0.6 is 0 Å². The summed E-state index contributed by atoms with van der Waals surface area (Å²) in [7, 11) is 0. The van der Waals surface area contributed by atoms with E-state index in [0.29, 0.717) is 6.42 Å². The van der Waals surface area contributed by atoms with Crippen LogP contribution in [0.5, 0.6) is 0 Å². The molecule has 0 aliphatic carbocycles. The van der Waals surface area contributed by atoms with Crippen molar-refractivity contribution in [2.45, 2.75) is 50.3 Å².